The molecule has 0 fully saturated rings. The van der Waals surface area contributed by atoms with Gasteiger partial charge in [-0.05, 0) is 33.4 Å². The summed E-state index contributed by atoms with van der Waals surface area (Å²) in [4.78, 5) is 0. The summed E-state index contributed by atoms with van der Waals surface area (Å²) in [5, 5.41) is 2.75. The van der Waals surface area contributed by atoms with Gasteiger partial charge in [-0.2, -0.15) is 8.42 Å². The lowest BCUT2D eigenvalue weighted by Gasteiger charge is -2.10. The molecule has 4 nitrogen and oxygen atoms in total. The molecule has 0 bridgehead atoms. The summed E-state index contributed by atoms with van der Waals surface area (Å²) in [6.45, 7) is 4.56. The Labute approximate surface area is 213 Å². The van der Waals surface area contributed by atoms with Crippen molar-refractivity contribution >= 4 is 10.1 Å². The lowest BCUT2D eigenvalue weighted by atomic mass is 10.0. The molecule has 0 aromatic heterocycles. The summed E-state index contributed by atoms with van der Waals surface area (Å²) in [6, 6.07) is 0. The Balaban J connectivity index is 0. The average molecular weight is 510 g/mol. The summed E-state index contributed by atoms with van der Waals surface area (Å²) in [5.41, 5.74) is -1.87. The molecule has 0 aliphatic rings. The Morgan fingerprint density at radius 2 is 0.882 bits per heavy atom. The second-order valence-electron chi connectivity index (χ2n) is 9.73. The molecule has 34 heavy (non-hydrogen) atoms. The van der Waals surface area contributed by atoms with E-state index in [0.29, 0.717) is 12.8 Å². The molecule has 0 rings (SSSR count). The molecule has 0 heterocycles. The molecule has 1 atom stereocenters. The zero-order valence-electron chi connectivity index (χ0n) is 23.4. The van der Waals surface area contributed by atoms with Gasteiger partial charge in [0.2, 0.25) is 5.50 Å². The first-order valence-corrected chi connectivity index (χ1v) is 16.0. The molecule has 0 aliphatic heterocycles. The Morgan fingerprint density at radius 1 is 0.588 bits per heavy atom. The third kappa shape index (κ3) is 28.0. The van der Waals surface area contributed by atoms with Gasteiger partial charge in [0.15, 0.2) is 0 Å². The van der Waals surface area contributed by atoms with E-state index in [4.69, 9.17) is 4.18 Å². The zero-order valence-corrected chi connectivity index (χ0v) is 24.2. The van der Waals surface area contributed by atoms with Crippen LogP contribution in [0.3, 0.4) is 0 Å². The summed E-state index contributed by atoms with van der Waals surface area (Å²) < 4.78 is 42.6. The van der Waals surface area contributed by atoms with Gasteiger partial charge in [0.25, 0.3) is 10.1 Å². The first kappa shape index (κ1) is 36.0. The maximum Gasteiger partial charge on any atom is 0.299 e. The minimum absolute atomic E-state index is 0.0643. The van der Waals surface area contributed by atoms with E-state index >= 15 is 0 Å². The van der Waals surface area contributed by atoms with E-state index in [1.54, 1.807) is 0 Å². The van der Waals surface area contributed by atoms with Crippen LogP contribution in [-0.2, 0) is 14.3 Å². The summed E-state index contributed by atoms with van der Waals surface area (Å²) >= 11 is 0. The molecule has 0 spiro atoms. The monoisotopic (exact) mass is 509 g/mol. The van der Waals surface area contributed by atoms with Crippen molar-refractivity contribution in [2.75, 3.05) is 20.7 Å². The van der Waals surface area contributed by atoms with Crippen molar-refractivity contribution in [1.29, 1.82) is 0 Å². The molecule has 6 heteroatoms. The van der Waals surface area contributed by atoms with Crippen molar-refractivity contribution in [3.05, 3.63) is 0 Å². The van der Waals surface area contributed by atoms with Gasteiger partial charge in [0, 0.05) is 0 Å². The van der Waals surface area contributed by atoms with Crippen LogP contribution in [0.1, 0.15) is 155 Å². The summed E-state index contributed by atoms with van der Waals surface area (Å²) in [6.07, 6.45) is 25.0. The standard InChI is InChI=1S/C26H53FO3S.C2H7N/c1-3-5-7-9-11-12-13-14-15-16-17-19-21-23-25-30-31(28,29)26(27)24-22-20-18-10-8-6-4-2;1-3-2/h26H,3-25H2,1-2H3;3H,1-2H3. The van der Waals surface area contributed by atoms with Crippen LogP contribution in [0.4, 0.5) is 4.39 Å². The Morgan fingerprint density at radius 3 is 1.24 bits per heavy atom. The maximum absolute atomic E-state index is 14.0. The van der Waals surface area contributed by atoms with Crippen molar-refractivity contribution < 1.29 is 17.0 Å². The number of rotatable bonds is 25. The lowest BCUT2D eigenvalue weighted by Crippen LogP contribution is -2.19. The van der Waals surface area contributed by atoms with Crippen LogP contribution in [0, 0.1) is 0 Å². The van der Waals surface area contributed by atoms with Gasteiger partial charge in [-0.3, -0.25) is 4.18 Å². The normalized spacial score (nSPS) is 12.4. The molecule has 0 aromatic carbocycles. The largest absolute Gasteiger partial charge is 0.323 e. The van der Waals surface area contributed by atoms with Crippen molar-refractivity contribution in [1.82, 2.24) is 5.32 Å². The Bertz CT molecular complexity index is 474. The van der Waals surface area contributed by atoms with Crippen molar-refractivity contribution in [2.24, 2.45) is 0 Å². The summed E-state index contributed by atoms with van der Waals surface area (Å²) in [5.74, 6) is 0. The molecular formula is C28H60FNO3S. The van der Waals surface area contributed by atoms with Crippen molar-refractivity contribution in [2.45, 2.75) is 161 Å². The fourth-order valence-corrected chi connectivity index (χ4v) is 4.90. The van der Waals surface area contributed by atoms with Crippen LogP contribution in [-0.4, -0.2) is 34.6 Å². The number of hydrogen-bond donors (Lipinski definition) is 1. The van der Waals surface area contributed by atoms with Crippen LogP contribution in [0.2, 0.25) is 0 Å². The molecule has 1 unspecified atom stereocenters. The lowest BCUT2D eigenvalue weighted by molar-refractivity contribution is 0.270. The first-order valence-electron chi connectivity index (χ1n) is 14.6. The van der Waals surface area contributed by atoms with Gasteiger partial charge >= 0.3 is 0 Å². The minimum atomic E-state index is -4.05. The molecule has 0 aromatic rings. The van der Waals surface area contributed by atoms with Crippen LogP contribution >= 0.6 is 0 Å². The molecule has 1 N–H and O–H groups in total. The first-order chi connectivity index (χ1) is 16.5. The highest BCUT2D eigenvalue weighted by Crippen LogP contribution is 2.17. The van der Waals surface area contributed by atoms with Crippen LogP contribution < -0.4 is 5.32 Å². The number of unbranched alkanes of at least 4 members (excludes halogenated alkanes) is 19. The number of halogens is 1. The Kier molecular flexibility index (Phi) is 30.7. The van der Waals surface area contributed by atoms with E-state index in [2.05, 4.69) is 19.2 Å². The molecule has 0 saturated heterocycles. The van der Waals surface area contributed by atoms with Crippen LogP contribution in [0.5, 0.6) is 0 Å². The third-order valence-corrected chi connectivity index (χ3v) is 7.45. The third-order valence-electron chi connectivity index (χ3n) is 6.09. The molecule has 0 radical (unpaired) electrons. The van der Waals surface area contributed by atoms with E-state index in [1.165, 1.54) is 89.9 Å². The molecule has 0 amide bonds. The molecule has 0 saturated carbocycles. The maximum atomic E-state index is 14.0. The fraction of sp³-hybridized carbons (Fsp3) is 1.00. The van der Waals surface area contributed by atoms with E-state index in [1.807, 2.05) is 14.1 Å². The zero-order chi connectivity index (χ0) is 25.8. The predicted molar refractivity (Wildman–Crippen MR) is 148 cm³/mol. The van der Waals surface area contributed by atoms with Gasteiger partial charge in [-0.1, -0.05) is 136 Å². The highest BCUT2D eigenvalue weighted by molar-refractivity contribution is 7.87. The topological polar surface area (TPSA) is 55.4 Å². The second kappa shape index (κ2) is 29.0. The smallest absolute Gasteiger partial charge is 0.299 e. The van der Waals surface area contributed by atoms with E-state index < -0.39 is 15.6 Å². The number of alkyl halides is 1. The van der Waals surface area contributed by atoms with Gasteiger partial charge in [-0.25, -0.2) is 4.39 Å². The SMILES string of the molecule is CCCCCCCCCCCCCCCCOS(=O)(=O)C(F)CCCCCCCCC.CNC. The molecule has 208 valence electrons. The average Bonchev–Trinajstić information content (AvgIpc) is 2.81. The van der Waals surface area contributed by atoms with Crippen molar-refractivity contribution in [3.63, 3.8) is 0 Å². The van der Waals surface area contributed by atoms with Crippen LogP contribution in [0.25, 0.3) is 0 Å². The van der Waals surface area contributed by atoms with E-state index in [9.17, 15) is 12.8 Å². The predicted octanol–water partition coefficient (Wildman–Crippen LogP) is 9.09. The highest BCUT2D eigenvalue weighted by atomic mass is 32.2. The second-order valence-corrected chi connectivity index (χ2v) is 11.5. The molecule has 0 aliphatic carbocycles. The van der Waals surface area contributed by atoms with Crippen LogP contribution in [0.15, 0.2) is 0 Å². The van der Waals surface area contributed by atoms with Gasteiger partial charge < -0.3 is 5.32 Å². The number of nitrogens with one attached hydrogen (secondary N) is 1. The number of hydrogen-bond acceptors (Lipinski definition) is 4. The quantitative estimate of drug-likeness (QED) is 0.0984. The highest BCUT2D eigenvalue weighted by Gasteiger charge is 2.25. The fourth-order valence-electron chi connectivity index (χ4n) is 3.95. The van der Waals surface area contributed by atoms with E-state index in [0.717, 1.165) is 32.1 Å². The minimum Gasteiger partial charge on any atom is -0.323 e. The van der Waals surface area contributed by atoms with Gasteiger partial charge in [0.05, 0.1) is 6.61 Å². The van der Waals surface area contributed by atoms with Gasteiger partial charge in [-0.15, -0.1) is 0 Å². The van der Waals surface area contributed by atoms with E-state index in [-0.39, 0.29) is 13.0 Å². The van der Waals surface area contributed by atoms with Gasteiger partial charge in [0.1, 0.15) is 0 Å². The Hall–Kier alpha value is -0.200. The summed E-state index contributed by atoms with van der Waals surface area (Å²) in [7, 11) is -0.296. The van der Waals surface area contributed by atoms with Crippen molar-refractivity contribution in [3.8, 4) is 0 Å². The molecular weight excluding hydrogens is 449 g/mol.